The summed E-state index contributed by atoms with van der Waals surface area (Å²) in [5.41, 5.74) is 0.674. The lowest BCUT2D eigenvalue weighted by atomic mass is 10.2. The maximum Gasteiger partial charge on any atom is 0.240 e. The molecule has 1 aromatic carbocycles. The maximum absolute atomic E-state index is 12.1. The number of carbonyl (C=O) groups is 2. The zero-order chi connectivity index (χ0) is 16.8. The fourth-order valence-corrected chi connectivity index (χ4v) is 2.91. The van der Waals surface area contributed by atoms with E-state index in [1.165, 1.54) is 11.8 Å². The molecule has 1 atom stereocenters. The first-order valence-corrected chi connectivity index (χ1v) is 8.31. The van der Waals surface area contributed by atoms with Crippen LogP contribution in [0, 0.1) is 5.92 Å². The number of benzene rings is 1. The Kier molecular flexibility index (Phi) is 6.04. The molecule has 1 heterocycles. The quantitative estimate of drug-likeness (QED) is 0.836. The predicted molar refractivity (Wildman–Crippen MR) is 92.9 cm³/mol. The van der Waals surface area contributed by atoms with Crippen LogP contribution >= 0.6 is 11.8 Å². The highest BCUT2D eigenvalue weighted by Crippen LogP contribution is 2.23. The smallest absolute Gasteiger partial charge is 0.240 e. The molecule has 2 rings (SSSR count). The second kappa shape index (κ2) is 8.01. The Morgan fingerprint density at radius 1 is 1.39 bits per heavy atom. The highest BCUT2D eigenvalue weighted by Gasteiger charge is 2.31. The van der Waals surface area contributed by atoms with Gasteiger partial charge >= 0.3 is 0 Å². The number of nitrogens with one attached hydrogen (secondary N) is 2. The second-order valence-electron chi connectivity index (χ2n) is 5.62. The zero-order valence-electron chi connectivity index (χ0n) is 13.5. The van der Waals surface area contributed by atoms with Crippen LogP contribution in [0.15, 0.2) is 29.3 Å². The van der Waals surface area contributed by atoms with Crippen molar-refractivity contribution in [2.45, 2.75) is 25.5 Å². The Labute approximate surface area is 140 Å². The van der Waals surface area contributed by atoms with Gasteiger partial charge in [0, 0.05) is 18.7 Å². The molecule has 23 heavy (non-hydrogen) atoms. The second-order valence-corrected chi connectivity index (χ2v) is 6.81. The largest absolute Gasteiger partial charge is 0.497 e. The minimum absolute atomic E-state index is 0.114. The number of hydrogen-bond donors (Lipinski definition) is 2. The molecule has 6 nitrogen and oxygen atoms in total. The first-order chi connectivity index (χ1) is 11.0. The van der Waals surface area contributed by atoms with Crippen molar-refractivity contribution in [3.8, 4) is 5.75 Å². The summed E-state index contributed by atoms with van der Waals surface area (Å²) in [5.74, 6) is 0.785. The first kappa shape index (κ1) is 17.3. The number of carbonyl (C=O) groups excluding carboxylic acids is 2. The standard InChI is InChI=1S/C16H21N3O3S/c1-10(2)9-17-16-19-15(21)13(23-16)8-14(20)18-11-4-6-12(22-3)7-5-11/h4-7,10,13H,8-9H2,1-3H3,(H,18,20)(H,17,19,21)/t13-/m0/s1. The number of amidine groups is 1. The molecule has 1 saturated heterocycles. The van der Waals surface area contributed by atoms with Crippen LogP contribution in [0.5, 0.6) is 5.75 Å². The summed E-state index contributed by atoms with van der Waals surface area (Å²) in [6.45, 7) is 4.78. The lowest BCUT2D eigenvalue weighted by Gasteiger charge is -2.08. The van der Waals surface area contributed by atoms with Gasteiger partial charge in [0.1, 0.15) is 11.0 Å². The molecule has 0 aliphatic carbocycles. The minimum atomic E-state index is -0.431. The Morgan fingerprint density at radius 2 is 2.09 bits per heavy atom. The third kappa shape index (κ3) is 5.28. The summed E-state index contributed by atoms with van der Waals surface area (Å²) in [5, 5.41) is 5.67. The van der Waals surface area contributed by atoms with Crippen LogP contribution in [-0.2, 0) is 9.59 Å². The average molecular weight is 335 g/mol. The highest BCUT2D eigenvalue weighted by atomic mass is 32.2. The van der Waals surface area contributed by atoms with Crippen molar-refractivity contribution in [2.24, 2.45) is 10.9 Å². The van der Waals surface area contributed by atoms with Gasteiger partial charge in [-0.15, -0.1) is 0 Å². The summed E-state index contributed by atoms with van der Waals surface area (Å²) < 4.78 is 5.07. The lowest BCUT2D eigenvalue weighted by Crippen LogP contribution is -2.28. The van der Waals surface area contributed by atoms with Crippen LogP contribution in [0.25, 0.3) is 0 Å². The molecule has 0 saturated carbocycles. The normalized spacial score (nSPS) is 19.0. The highest BCUT2D eigenvalue weighted by molar-refractivity contribution is 8.15. The molecule has 1 fully saturated rings. The molecule has 2 N–H and O–H groups in total. The molecule has 124 valence electrons. The van der Waals surface area contributed by atoms with Crippen LogP contribution in [0.2, 0.25) is 0 Å². The molecular formula is C16H21N3O3S. The molecule has 7 heteroatoms. The van der Waals surface area contributed by atoms with E-state index < -0.39 is 5.25 Å². The van der Waals surface area contributed by atoms with Crippen molar-refractivity contribution in [1.29, 1.82) is 0 Å². The van der Waals surface area contributed by atoms with Gasteiger partial charge in [0.2, 0.25) is 11.8 Å². The van der Waals surface area contributed by atoms with Crippen LogP contribution in [0.1, 0.15) is 20.3 Å². The van der Waals surface area contributed by atoms with E-state index in [1.807, 2.05) is 0 Å². The number of nitrogens with zero attached hydrogens (tertiary/aromatic N) is 1. The minimum Gasteiger partial charge on any atom is -0.497 e. The molecular weight excluding hydrogens is 314 g/mol. The van der Waals surface area contributed by atoms with Crippen LogP contribution in [-0.4, -0.2) is 35.9 Å². The van der Waals surface area contributed by atoms with Gasteiger partial charge in [-0.1, -0.05) is 25.6 Å². The summed E-state index contributed by atoms with van der Waals surface area (Å²) in [6.07, 6.45) is 0.114. The molecule has 1 aliphatic rings. The van der Waals surface area contributed by atoms with Crippen molar-refractivity contribution in [3.63, 3.8) is 0 Å². The first-order valence-electron chi connectivity index (χ1n) is 7.44. The molecule has 1 aliphatic heterocycles. The Bertz CT molecular complexity index is 599. The lowest BCUT2D eigenvalue weighted by molar-refractivity contribution is -0.122. The topological polar surface area (TPSA) is 79.8 Å². The van der Waals surface area contributed by atoms with Crippen LogP contribution in [0.4, 0.5) is 5.69 Å². The molecule has 0 radical (unpaired) electrons. The van der Waals surface area contributed by atoms with Gasteiger partial charge in [-0.05, 0) is 30.2 Å². The number of ether oxygens (including phenoxy) is 1. The fraction of sp³-hybridized carbons (Fsp3) is 0.438. The van der Waals surface area contributed by atoms with Crippen molar-refractivity contribution < 1.29 is 14.3 Å². The van der Waals surface area contributed by atoms with E-state index in [9.17, 15) is 9.59 Å². The van der Waals surface area contributed by atoms with Crippen LogP contribution in [0.3, 0.4) is 0 Å². The van der Waals surface area contributed by atoms with Gasteiger partial charge in [-0.2, -0.15) is 0 Å². The SMILES string of the molecule is COc1ccc(NC(=O)C[C@@H]2SC(=NCC(C)C)NC2=O)cc1. The summed E-state index contributed by atoms with van der Waals surface area (Å²) in [6, 6.07) is 7.05. The predicted octanol–water partition coefficient (Wildman–Crippen LogP) is 2.27. The molecule has 0 spiro atoms. The van der Waals surface area contributed by atoms with Crippen molar-refractivity contribution in [2.75, 3.05) is 19.0 Å². The summed E-state index contributed by atoms with van der Waals surface area (Å²) in [4.78, 5) is 28.3. The number of aliphatic imine (C=N–C) groups is 1. The van der Waals surface area contributed by atoms with Crippen LogP contribution < -0.4 is 15.4 Å². The number of amides is 2. The van der Waals surface area contributed by atoms with Crippen molar-refractivity contribution in [3.05, 3.63) is 24.3 Å². The van der Waals surface area contributed by atoms with E-state index in [0.29, 0.717) is 23.3 Å². The number of methoxy groups -OCH3 is 1. The number of thioether (sulfide) groups is 1. The molecule has 1 aromatic rings. The summed E-state index contributed by atoms with van der Waals surface area (Å²) in [7, 11) is 1.59. The number of anilines is 1. The van der Waals surface area contributed by atoms with Gasteiger partial charge in [0.25, 0.3) is 0 Å². The van der Waals surface area contributed by atoms with E-state index in [2.05, 4.69) is 29.5 Å². The number of rotatable bonds is 6. The maximum atomic E-state index is 12.1. The van der Waals surface area contributed by atoms with Gasteiger partial charge in [0.05, 0.1) is 7.11 Å². The molecule has 0 aromatic heterocycles. The fourth-order valence-electron chi connectivity index (χ4n) is 1.94. The Morgan fingerprint density at radius 3 is 2.70 bits per heavy atom. The van der Waals surface area contributed by atoms with Gasteiger partial charge < -0.3 is 15.4 Å². The van der Waals surface area contributed by atoms with E-state index in [0.717, 1.165) is 5.75 Å². The monoisotopic (exact) mass is 335 g/mol. The van der Waals surface area contributed by atoms with Gasteiger partial charge in [0.15, 0.2) is 5.17 Å². The average Bonchev–Trinajstić information content (AvgIpc) is 2.86. The van der Waals surface area contributed by atoms with E-state index in [-0.39, 0.29) is 18.2 Å². The Hall–Kier alpha value is -2.02. The third-order valence-electron chi connectivity index (χ3n) is 3.12. The third-order valence-corrected chi connectivity index (χ3v) is 4.24. The number of hydrogen-bond acceptors (Lipinski definition) is 5. The van der Waals surface area contributed by atoms with Gasteiger partial charge in [-0.25, -0.2) is 0 Å². The molecule has 0 unspecified atom stereocenters. The van der Waals surface area contributed by atoms with Gasteiger partial charge in [-0.3, -0.25) is 14.6 Å². The van der Waals surface area contributed by atoms with E-state index >= 15 is 0 Å². The molecule has 2 amide bonds. The zero-order valence-corrected chi connectivity index (χ0v) is 14.3. The van der Waals surface area contributed by atoms with Crippen molar-refractivity contribution >= 4 is 34.4 Å². The van der Waals surface area contributed by atoms with Crippen molar-refractivity contribution in [1.82, 2.24) is 5.32 Å². The molecule has 0 bridgehead atoms. The summed E-state index contributed by atoms with van der Waals surface area (Å²) >= 11 is 1.31. The van der Waals surface area contributed by atoms with E-state index in [1.54, 1.807) is 31.4 Å². The van der Waals surface area contributed by atoms with E-state index in [4.69, 9.17) is 4.74 Å². The Balaban J connectivity index is 1.87.